The zero-order valence-corrected chi connectivity index (χ0v) is 12.5. The monoisotopic (exact) mass is 323 g/mol. The molecule has 3 rings (SSSR count). The number of aliphatic hydroxyl groups is 1. The van der Waals surface area contributed by atoms with Crippen LogP contribution in [0.15, 0.2) is 60.2 Å². The van der Waals surface area contributed by atoms with Crippen molar-refractivity contribution in [2.24, 2.45) is 0 Å². The summed E-state index contributed by atoms with van der Waals surface area (Å²) < 4.78 is 0. The van der Waals surface area contributed by atoms with Gasteiger partial charge in [0.05, 0.1) is 11.5 Å². The Balaban J connectivity index is 2.21. The third-order valence-corrected chi connectivity index (χ3v) is 4.01. The van der Waals surface area contributed by atoms with Crippen LogP contribution in [-0.2, 0) is 4.79 Å². The maximum atomic E-state index is 12.5. The number of carbonyl (C=O) groups excluding carboxylic acids is 2. The van der Waals surface area contributed by atoms with Crippen molar-refractivity contribution < 1.29 is 19.6 Å². The fourth-order valence-electron chi connectivity index (χ4n) is 2.91. The molecule has 0 aliphatic heterocycles. The summed E-state index contributed by atoms with van der Waals surface area (Å²) in [5, 5.41) is 21.6. The molecule has 6 heteroatoms. The van der Waals surface area contributed by atoms with Crippen LogP contribution in [0.3, 0.4) is 0 Å². The molecule has 0 spiro atoms. The van der Waals surface area contributed by atoms with Crippen molar-refractivity contribution in [1.29, 1.82) is 0 Å². The molecule has 0 heterocycles. The van der Waals surface area contributed by atoms with Crippen molar-refractivity contribution in [2.45, 2.75) is 5.92 Å². The quantitative estimate of drug-likeness (QED) is 0.530. The molecular formula is C18H13NO5. The number of aliphatic hydroxyl groups excluding tert-OH is 1. The van der Waals surface area contributed by atoms with E-state index in [1.54, 1.807) is 42.5 Å². The first kappa shape index (κ1) is 15.6. The van der Waals surface area contributed by atoms with Crippen LogP contribution in [-0.4, -0.2) is 28.1 Å². The van der Waals surface area contributed by atoms with E-state index < -0.39 is 29.0 Å². The molecule has 0 radical (unpaired) electrons. The third kappa shape index (κ3) is 2.58. The predicted molar refractivity (Wildman–Crippen MR) is 86.4 cm³/mol. The van der Waals surface area contributed by atoms with E-state index in [-0.39, 0.29) is 22.5 Å². The van der Waals surface area contributed by atoms with E-state index in [0.29, 0.717) is 5.56 Å². The van der Waals surface area contributed by atoms with Crippen LogP contribution in [0, 0.1) is 10.1 Å². The minimum atomic E-state index is -0.994. The highest BCUT2D eigenvalue weighted by molar-refractivity contribution is 6.52. The number of rotatable bonds is 4. The zero-order chi connectivity index (χ0) is 17.3. The Morgan fingerprint density at radius 1 is 0.917 bits per heavy atom. The smallest absolute Gasteiger partial charge is 0.234 e. The molecule has 0 saturated carbocycles. The standard InChI is InChI=1S/C18H13NO5/c20-16-12-8-4-5-9-13(12)17(21)18(22)15(16)14(10-19(23)24)11-6-2-1-3-7-11/h1-9,14,20H,10H2/t14-/m0/s1. The Hall–Kier alpha value is -3.28. The van der Waals surface area contributed by atoms with Crippen LogP contribution >= 0.6 is 0 Å². The first-order valence-corrected chi connectivity index (χ1v) is 7.29. The molecule has 1 aliphatic rings. The number of nitro groups is 1. The van der Waals surface area contributed by atoms with Crippen molar-refractivity contribution in [3.63, 3.8) is 0 Å². The van der Waals surface area contributed by atoms with Gasteiger partial charge >= 0.3 is 0 Å². The number of ketones is 2. The van der Waals surface area contributed by atoms with Crippen LogP contribution < -0.4 is 0 Å². The van der Waals surface area contributed by atoms with Crippen LogP contribution in [0.4, 0.5) is 0 Å². The Bertz CT molecular complexity index is 870. The van der Waals surface area contributed by atoms with Gasteiger partial charge in [0.2, 0.25) is 18.1 Å². The second-order valence-corrected chi connectivity index (χ2v) is 5.44. The lowest BCUT2D eigenvalue weighted by molar-refractivity contribution is -0.481. The maximum absolute atomic E-state index is 12.5. The number of nitrogens with zero attached hydrogens (tertiary/aromatic N) is 1. The summed E-state index contributed by atoms with van der Waals surface area (Å²) in [6.45, 7) is -0.593. The van der Waals surface area contributed by atoms with Gasteiger partial charge in [0.25, 0.3) is 0 Å². The van der Waals surface area contributed by atoms with Crippen molar-refractivity contribution in [1.82, 2.24) is 0 Å². The molecule has 1 aliphatic carbocycles. The Kier molecular flexibility index (Phi) is 3.95. The van der Waals surface area contributed by atoms with Crippen molar-refractivity contribution in [3.05, 3.63) is 87.0 Å². The van der Waals surface area contributed by atoms with E-state index in [9.17, 15) is 24.8 Å². The van der Waals surface area contributed by atoms with Gasteiger partial charge < -0.3 is 5.11 Å². The van der Waals surface area contributed by atoms with Gasteiger partial charge in [-0.05, 0) is 5.56 Å². The summed E-state index contributed by atoms with van der Waals surface area (Å²) in [6, 6.07) is 14.6. The molecule has 0 amide bonds. The second kappa shape index (κ2) is 6.08. The van der Waals surface area contributed by atoms with Gasteiger partial charge in [-0.25, -0.2) is 0 Å². The first-order valence-electron chi connectivity index (χ1n) is 7.29. The maximum Gasteiger partial charge on any atom is 0.234 e. The Morgan fingerprint density at radius 3 is 2.12 bits per heavy atom. The fraction of sp³-hybridized carbons (Fsp3) is 0.111. The first-order chi connectivity index (χ1) is 11.5. The molecule has 1 atom stereocenters. The van der Waals surface area contributed by atoms with E-state index in [1.807, 2.05) is 0 Å². The van der Waals surface area contributed by atoms with E-state index in [2.05, 4.69) is 0 Å². The van der Waals surface area contributed by atoms with Gasteiger partial charge in [0, 0.05) is 16.1 Å². The average Bonchev–Trinajstić information content (AvgIpc) is 2.59. The van der Waals surface area contributed by atoms with Crippen molar-refractivity contribution in [3.8, 4) is 0 Å². The molecule has 24 heavy (non-hydrogen) atoms. The van der Waals surface area contributed by atoms with Gasteiger partial charge in [0.1, 0.15) is 5.76 Å². The van der Waals surface area contributed by atoms with E-state index >= 15 is 0 Å². The minimum Gasteiger partial charge on any atom is -0.507 e. The van der Waals surface area contributed by atoms with E-state index in [4.69, 9.17) is 0 Å². The topological polar surface area (TPSA) is 97.5 Å². The number of benzene rings is 2. The molecular weight excluding hydrogens is 310 g/mol. The molecule has 0 unspecified atom stereocenters. The summed E-state index contributed by atoms with van der Waals surface area (Å²) in [4.78, 5) is 35.3. The highest BCUT2D eigenvalue weighted by Gasteiger charge is 2.39. The lowest BCUT2D eigenvalue weighted by atomic mass is 9.79. The van der Waals surface area contributed by atoms with Crippen molar-refractivity contribution in [2.75, 3.05) is 6.54 Å². The number of fused-ring (bicyclic) bond motifs is 1. The molecule has 0 saturated heterocycles. The summed E-state index contributed by atoms with van der Waals surface area (Å²) in [7, 11) is 0. The SMILES string of the molecule is O=C1C(=O)c2ccccc2C(O)=C1[C@@H](C[N+](=O)[O-])c1ccccc1. The van der Waals surface area contributed by atoms with Crippen LogP contribution in [0.5, 0.6) is 0 Å². The largest absolute Gasteiger partial charge is 0.507 e. The van der Waals surface area contributed by atoms with Gasteiger partial charge in [0.15, 0.2) is 0 Å². The van der Waals surface area contributed by atoms with Crippen LogP contribution in [0.25, 0.3) is 5.76 Å². The molecule has 0 bridgehead atoms. The van der Waals surface area contributed by atoms with Gasteiger partial charge in [-0.3, -0.25) is 19.7 Å². The third-order valence-electron chi connectivity index (χ3n) is 4.01. The minimum absolute atomic E-state index is 0.108. The van der Waals surface area contributed by atoms with Crippen LogP contribution in [0.1, 0.15) is 27.4 Å². The molecule has 0 fully saturated rings. The molecule has 2 aromatic rings. The molecule has 1 N–H and O–H groups in total. The predicted octanol–water partition coefficient (Wildman–Crippen LogP) is 2.78. The summed E-state index contributed by atoms with van der Waals surface area (Å²) in [5.74, 6) is -3.03. The molecule has 6 nitrogen and oxygen atoms in total. The average molecular weight is 323 g/mol. The second-order valence-electron chi connectivity index (χ2n) is 5.44. The summed E-state index contributed by atoms with van der Waals surface area (Å²) in [6.07, 6.45) is 0. The number of hydrogen-bond acceptors (Lipinski definition) is 5. The highest BCUT2D eigenvalue weighted by atomic mass is 16.6. The van der Waals surface area contributed by atoms with Gasteiger partial charge in [-0.15, -0.1) is 0 Å². The number of Topliss-reactive ketones (excluding diaryl/α,β-unsaturated/α-hetero) is 2. The van der Waals surface area contributed by atoms with Gasteiger partial charge in [-0.1, -0.05) is 54.6 Å². The molecule has 0 aromatic heterocycles. The zero-order valence-electron chi connectivity index (χ0n) is 12.5. The molecule has 120 valence electrons. The van der Waals surface area contributed by atoms with Crippen LogP contribution in [0.2, 0.25) is 0 Å². The van der Waals surface area contributed by atoms with Gasteiger partial charge in [-0.2, -0.15) is 0 Å². The Labute approximate surface area is 137 Å². The Morgan fingerprint density at radius 2 is 1.50 bits per heavy atom. The van der Waals surface area contributed by atoms with Crippen molar-refractivity contribution >= 4 is 17.3 Å². The van der Waals surface area contributed by atoms with E-state index in [1.165, 1.54) is 12.1 Å². The fourth-order valence-corrected chi connectivity index (χ4v) is 2.91. The van der Waals surface area contributed by atoms with E-state index in [0.717, 1.165) is 0 Å². The number of carbonyl (C=O) groups is 2. The highest BCUT2D eigenvalue weighted by Crippen LogP contribution is 2.36. The summed E-state index contributed by atoms with van der Waals surface area (Å²) >= 11 is 0. The summed E-state index contributed by atoms with van der Waals surface area (Å²) in [5.41, 5.74) is 0.607. The lowest BCUT2D eigenvalue weighted by Gasteiger charge is -2.22. The normalized spacial score (nSPS) is 15.2. The lowest BCUT2D eigenvalue weighted by Crippen LogP contribution is -2.30. The number of hydrogen-bond donors (Lipinski definition) is 1. The molecule has 2 aromatic carbocycles.